The molecule has 0 bridgehead atoms. The van der Waals surface area contributed by atoms with E-state index >= 15 is 0 Å². The van der Waals surface area contributed by atoms with Crippen LogP contribution in [0, 0.1) is 18.3 Å². The first-order valence-corrected chi connectivity index (χ1v) is 8.21. The van der Waals surface area contributed by atoms with Gasteiger partial charge in [-0.2, -0.15) is 18.0 Å². The van der Waals surface area contributed by atoms with Crippen molar-refractivity contribution in [3.63, 3.8) is 0 Å². The molecule has 0 spiro atoms. The van der Waals surface area contributed by atoms with Gasteiger partial charge < -0.3 is 10.2 Å². The molecule has 0 amide bonds. The van der Waals surface area contributed by atoms with Gasteiger partial charge in [0.2, 0.25) is 5.88 Å². The molecule has 7 nitrogen and oxygen atoms in total. The van der Waals surface area contributed by atoms with Crippen LogP contribution in [0.25, 0.3) is 0 Å². The normalized spacial score (nSPS) is 22.9. The lowest BCUT2D eigenvalue weighted by atomic mass is 10.1. The Bertz CT molecular complexity index is 844. The molecule has 22 heavy (non-hydrogen) atoms. The Kier molecular flexibility index (Phi) is 3.25. The van der Waals surface area contributed by atoms with Crippen molar-refractivity contribution in [1.29, 1.82) is 5.26 Å². The molecule has 1 saturated heterocycles. The van der Waals surface area contributed by atoms with Gasteiger partial charge in [-0.3, -0.25) is 0 Å². The van der Waals surface area contributed by atoms with Gasteiger partial charge in [0, 0.05) is 6.54 Å². The molecule has 3 rings (SSSR count). The predicted octanol–water partition coefficient (Wildman–Crippen LogP) is 1.38. The number of benzene rings is 1. The fourth-order valence-electron chi connectivity index (χ4n) is 2.69. The molecule has 0 saturated carbocycles. The van der Waals surface area contributed by atoms with Crippen LogP contribution < -0.4 is 4.31 Å². The van der Waals surface area contributed by atoms with E-state index in [9.17, 15) is 18.6 Å². The molecule has 0 aliphatic carbocycles. The van der Waals surface area contributed by atoms with Crippen LogP contribution in [0.1, 0.15) is 17.5 Å². The second-order valence-corrected chi connectivity index (χ2v) is 7.12. The molecule has 2 heterocycles. The van der Waals surface area contributed by atoms with Crippen LogP contribution in [0.5, 0.6) is 0 Å². The van der Waals surface area contributed by atoms with Crippen molar-refractivity contribution >= 4 is 27.5 Å². The lowest BCUT2D eigenvalue weighted by Crippen LogP contribution is -2.34. The third kappa shape index (κ3) is 1.80. The van der Waals surface area contributed by atoms with Crippen LogP contribution in [0.2, 0.25) is 5.02 Å². The summed E-state index contributed by atoms with van der Waals surface area (Å²) in [6.45, 7) is 1.66. The molecule has 1 aromatic rings. The third-order valence-corrected chi connectivity index (χ3v) is 6.07. The minimum Gasteiger partial charge on any atom is -0.492 e. The maximum absolute atomic E-state index is 12.6. The number of nitrogens with zero attached hydrogens (tertiary/aromatic N) is 3. The number of hydrogen-bond donors (Lipinski definition) is 2. The van der Waals surface area contributed by atoms with Gasteiger partial charge in [-0.15, -0.1) is 0 Å². The molecule has 1 fully saturated rings. The first-order valence-electron chi connectivity index (χ1n) is 6.44. The largest absolute Gasteiger partial charge is 0.492 e. The monoisotopic (exact) mass is 341 g/mol. The Morgan fingerprint density at radius 1 is 1.45 bits per heavy atom. The number of hydrogen-bond acceptors (Lipinski definition) is 5. The van der Waals surface area contributed by atoms with E-state index in [1.807, 2.05) is 6.07 Å². The number of rotatable bonds is 1. The number of anilines is 1. The minimum atomic E-state index is -4.02. The average Bonchev–Trinajstić information content (AvgIpc) is 2.94. The Labute approximate surface area is 132 Å². The van der Waals surface area contributed by atoms with Gasteiger partial charge >= 0.3 is 10.2 Å². The Hall–Kier alpha value is -1.95. The van der Waals surface area contributed by atoms with Crippen molar-refractivity contribution in [2.24, 2.45) is 0 Å². The molecule has 9 heteroatoms. The Morgan fingerprint density at radius 3 is 2.73 bits per heavy atom. The molecule has 1 atom stereocenters. The van der Waals surface area contributed by atoms with E-state index in [0.717, 1.165) is 8.61 Å². The van der Waals surface area contributed by atoms with Gasteiger partial charge in [0.25, 0.3) is 0 Å². The van der Waals surface area contributed by atoms with Crippen LogP contribution in [0.3, 0.4) is 0 Å². The lowest BCUT2D eigenvalue weighted by Gasteiger charge is -2.22. The highest BCUT2D eigenvalue weighted by atomic mass is 35.5. The fourth-order valence-corrected chi connectivity index (χ4v) is 4.64. The SMILES string of the molecule is Cc1c(N2C(O)=C3[C@H](O)CCN3S2(=O)=O)ccc(C#N)c1Cl. The summed E-state index contributed by atoms with van der Waals surface area (Å²) in [6.07, 6.45) is -0.798. The van der Waals surface area contributed by atoms with Crippen molar-refractivity contribution in [2.45, 2.75) is 19.4 Å². The van der Waals surface area contributed by atoms with Crippen LogP contribution in [-0.2, 0) is 10.2 Å². The molecule has 2 N–H and O–H groups in total. The van der Waals surface area contributed by atoms with E-state index < -0.39 is 22.2 Å². The Balaban J connectivity index is 2.22. The van der Waals surface area contributed by atoms with E-state index in [-0.39, 0.29) is 34.9 Å². The van der Waals surface area contributed by atoms with Crippen molar-refractivity contribution in [3.05, 3.63) is 39.9 Å². The second kappa shape index (κ2) is 4.78. The summed E-state index contributed by atoms with van der Waals surface area (Å²) in [5, 5.41) is 29.2. The maximum atomic E-state index is 12.6. The van der Waals surface area contributed by atoms with E-state index in [0.29, 0.717) is 5.56 Å². The molecule has 2 aliphatic heterocycles. The van der Waals surface area contributed by atoms with Gasteiger partial charge in [0.1, 0.15) is 17.9 Å². The molecular formula is C13H12ClN3O4S. The highest BCUT2D eigenvalue weighted by Crippen LogP contribution is 2.42. The van der Waals surface area contributed by atoms with E-state index in [2.05, 4.69) is 0 Å². The third-order valence-electron chi connectivity index (χ3n) is 3.82. The van der Waals surface area contributed by atoms with Crippen LogP contribution >= 0.6 is 11.6 Å². The summed E-state index contributed by atoms with van der Waals surface area (Å²) in [4.78, 5) is 0. The minimum absolute atomic E-state index is 0.0279. The van der Waals surface area contributed by atoms with E-state index in [4.69, 9.17) is 16.9 Å². The van der Waals surface area contributed by atoms with Crippen LogP contribution in [0.15, 0.2) is 23.7 Å². The van der Waals surface area contributed by atoms with Gasteiger partial charge in [-0.25, -0.2) is 4.31 Å². The van der Waals surface area contributed by atoms with Crippen LogP contribution in [0.4, 0.5) is 5.69 Å². The quantitative estimate of drug-likeness (QED) is 0.802. The zero-order valence-corrected chi connectivity index (χ0v) is 13.1. The molecule has 116 valence electrons. The number of nitriles is 1. The summed E-state index contributed by atoms with van der Waals surface area (Å²) in [6, 6.07) is 4.70. The standard InChI is InChI=1S/C13H12ClN3O4S/c1-7-9(3-2-8(6-15)11(7)14)17-13(19)12-10(18)4-5-16(12)22(17,20)21/h2-3,10,18-19H,4-5H2,1H3/t10-/m1/s1. The zero-order valence-electron chi connectivity index (χ0n) is 11.5. The molecule has 0 unspecified atom stereocenters. The first kappa shape index (κ1) is 15.0. The van der Waals surface area contributed by atoms with Gasteiger partial charge in [0.15, 0.2) is 0 Å². The number of aliphatic hydroxyl groups excluding tert-OH is 2. The fraction of sp³-hybridized carbons (Fsp3) is 0.308. The van der Waals surface area contributed by atoms with Crippen molar-refractivity contribution in [3.8, 4) is 6.07 Å². The molecule has 1 aromatic carbocycles. The van der Waals surface area contributed by atoms with Crippen LogP contribution in [-0.4, -0.2) is 35.6 Å². The van der Waals surface area contributed by atoms with Gasteiger partial charge in [-0.05, 0) is 31.0 Å². The number of aliphatic hydroxyl groups is 2. The molecule has 0 radical (unpaired) electrons. The summed E-state index contributed by atoms with van der Waals surface area (Å²) >= 11 is 6.06. The molecular weight excluding hydrogens is 330 g/mol. The average molecular weight is 342 g/mol. The molecule has 2 aliphatic rings. The van der Waals surface area contributed by atoms with Crippen molar-refractivity contribution < 1.29 is 18.6 Å². The van der Waals surface area contributed by atoms with Crippen molar-refractivity contribution in [1.82, 2.24) is 4.31 Å². The van der Waals surface area contributed by atoms with Gasteiger partial charge in [0.05, 0.1) is 16.3 Å². The summed E-state index contributed by atoms with van der Waals surface area (Å²) in [5.41, 5.74) is 0.690. The summed E-state index contributed by atoms with van der Waals surface area (Å²) < 4.78 is 26.9. The lowest BCUT2D eigenvalue weighted by molar-refractivity contribution is 0.210. The highest BCUT2D eigenvalue weighted by molar-refractivity contribution is 7.91. The highest BCUT2D eigenvalue weighted by Gasteiger charge is 2.50. The topological polar surface area (TPSA) is 105 Å². The summed E-state index contributed by atoms with van der Waals surface area (Å²) in [7, 11) is -4.02. The zero-order chi connectivity index (χ0) is 16.2. The number of halogens is 1. The van der Waals surface area contributed by atoms with E-state index in [1.54, 1.807) is 6.92 Å². The van der Waals surface area contributed by atoms with E-state index in [1.165, 1.54) is 12.1 Å². The second-order valence-electron chi connectivity index (χ2n) is 5.04. The first-order chi connectivity index (χ1) is 10.3. The summed E-state index contributed by atoms with van der Waals surface area (Å²) in [5.74, 6) is -0.533. The van der Waals surface area contributed by atoms with Gasteiger partial charge in [-0.1, -0.05) is 11.6 Å². The smallest absolute Gasteiger partial charge is 0.333 e. The molecule has 0 aromatic heterocycles. The Morgan fingerprint density at radius 2 is 2.14 bits per heavy atom. The maximum Gasteiger partial charge on any atom is 0.333 e. The number of fused-ring (bicyclic) bond motifs is 1. The van der Waals surface area contributed by atoms with Crippen molar-refractivity contribution in [2.75, 3.05) is 10.8 Å². The predicted molar refractivity (Wildman–Crippen MR) is 79.3 cm³/mol.